The predicted octanol–water partition coefficient (Wildman–Crippen LogP) is 5.34. The second-order valence-electron chi connectivity index (χ2n) is 4.40. The van der Waals surface area contributed by atoms with Crippen molar-refractivity contribution >= 4 is 55.0 Å². The molecule has 0 aliphatic heterocycles. The van der Waals surface area contributed by atoms with Gasteiger partial charge in [-0.2, -0.15) is 0 Å². The van der Waals surface area contributed by atoms with Crippen LogP contribution in [0.1, 0.15) is 11.1 Å². The summed E-state index contributed by atoms with van der Waals surface area (Å²) < 4.78 is 25.1. The monoisotopic (exact) mass is 404 g/mol. The van der Waals surface area contributed by atoms with Crippen LogP contribution in [0.4, 0.5) is 0 Å². The molecule has 0 N–H and O–H groups in total. The van der Waals surface area contributed by atoms with Crippen molar-refractivity contribution in [3.63, 3.8) is 0 Å². The molecular weight excluding hydrogens is 395 g/mol. The van der Waals surface area contributed by atoms with E-state index in [2.05, 4.69) is 15.9 Å². The summed E-state index contributed by atoms with van der Waals surface area (Å²) in [5.41, 5.74) is 1.34. The molecule has 0 spiro atoms. The Morgan fingerprint density at radius 1 is 1.05 bits per heavy atom. The van der Waals surface area contributed by atoms with Gasteiger partial charge in [-0.3, -0.25) is 0 Å². The average Bonchev–Trinajstić information content (AvgIpc) is 2.41. The highest BCUT2D eigenvalue weighted by Crippen LogP contribution is 2.23. The van der Waals surface area contributed by atoms with Gasteiger partial charge in [0.15, 0.2) is 9.84 Å². The summed E-state index contributed by atoms with van der Waals surface area (Å²) >= 11 is 15.1. The van der Waals surface area contributed by atoms with Crippen molar-refractivity contribution in [1.29, 1.82) is 0 Å². The lowest BCUT2D eigenvalue weighted by Gasteiger charge is -2.03. The molecule has 0 aliphatic carbocycles. The van der Waals surface area contributed by atoms with Crippen LogP contribution in [0, 0.1) is 0 Å². The summed E-state index contributed by atoms with van der Waals surface area (Å²) in [4.78, 5) is 0. The second-order valence-corrected chi connectivity index (χ2v) is 8.04. The van der Waals surface area contributed by atoms with E-state index in [-0.39, 0.29) is 5.75 Å². The van der Waals surface area contributed by atoms with Crippen molar-refractivity contribution in [3.8, 4) is 0 Å². The third-order valence-electron chi connectivity index (χ3n) is 2.71. The zero-order valence-corrected chi connectivity index (χ0v) is 14.7. The Labute approximate surface area is 142 Å². The van der Waals surface area contributed by atoms with Crippen LogP contribution in [-0.4, -0.2) is 8.42 Å². The fraction of sp³-hybridized carbons (Fsp3) is 0.0667. The van der Waals surface area contributed by atoms with Gasteiger partial charge < -0.3 is 0 Å². The van der Waals surface area contributed by atoms with E-state index in [0.717, 1.165) is 10.0 Å². The second kappa shape index (κ2) is 6.97. The van der Waals surface area contributed by atoms with E-state index in [0.29, 0.717) is 15.6 Å². The normalized spacial score (nSPS) is 12.0. The molecule has 110 valence electrons. The highest BCUT2D eigenvalue weighted by Gasteiger charge is 2.11. The number of sulfone groups is 1. The largest absolute Gasteiger partial charge is 0.224 e. The summed E-state index contributed by atoms with van der Waals surface area (Å²) in [5, 5.41) is 2.02. The van der Waals surface area contributed by atoms with Crippen molar-refractivity contribution in [2.45, 2.75) is 5.75 Å². The van der Waals surface area contributed by atoms with Crippen LogP contribution in [0.5, 0.6) is 0 Å². The van der Waals surface area contributed by atoms with Gasteiger partial charge in [0.2, 0.25) is 0 Å². The van der Waals surface area contributed by atoms with E-state index in [1.807, 2.05) is 24.3 Å². The molecule has 0 bridgehead atoms. The topological polar surface area (TPSA) is 34.1 Å². The molecule has 0 amide bonds. The Kier molecular flexibility index (Phi) is 5.49. The minimum Gasteiger partial charge on any atom is -0.224 e. The van der Waals surface area contributed by atoms with Gasteiger partial charge in [0.1, 0.15) is 0 Å². The van der Waals surface area contributed by atoms with E-state index >= 15 is 0 Å². The summed E-state index contributed by atoms with van der Waals surface area (Å²) in [7, 11) is -3.40. The summed E-state index contributed by atoms with van der Waals surface area (Å²) in [5.74, 6) is -0.157. The zero-order chi connectivity index (χ0) is 15.5. The minimum absolute atomic E-state index is 0.157. The molecule has 2 aromatic rings. The highest BCUT2D eigenvalue weighted by atomic mass is 79.9. The van der Waals surface area contributed by atoms with Gasteiger partial charge in [-0.25, -0.2) is 8.42 Å². The van der Waals surface area contributed by atoms with E-state index < -0.39 is 9.84 Å². The molecule has 0 saturated heterocycles. The van der Waals surface area contributed by atoms with E-state index in [1.165, 1.54) is 11.5 Å². The Morgan fingerprint density at radius 2 is 1.71 bits per heavy atom. The van der Waals surface area contributed by atoms with E-state index in [1.54, 1.807) is 18.2 Å². The zero-order valence-electron chi connectivity index (χ0n) is 10.8. The lowest BCUT2D eigenvalue weighted by Crippen LogP contribution is -2.00. The van der Waals surface area contributed by atoms with E-state index in [4.69, 9.17) is 23.2 Å². The molecule has 2 aromatic carbocycles. The van der Waals surface area contributed by atoms with Crippen LogP contribution in [0.15, 0.2) is 52.3 Å². The average molecular weight is 406 g/mol. The number of halogens is 3. The van der Waals surface area contributed by atoms with E-state index in [9.17, 15) is 8.42 Å². The number of benzene rings is 2. The summed E-state index contributed by atoms with van der Waals surface area (Å²) in [6.45, 7) is 0. The molecule has 0 radical (unpaired) electrons. The van der Waals surface area contributed by atoms with Crippen LogP contribution in [0.3, 0.4) is 0 Å². The van der Waals surface area contributed by atoms with Crippen LogP contribution >= 0.6 is 39.1 Å². The standard InChI is InChI=1S/C15H11BrCl2O2S/c16-13-4-1-11(2-5-13)7-8-21(19,20)10-12-3-6-14(17)9-15(12)18/h1-9H,10H2. The highest BCUT2D eigenvalue weighted by molar-refractivity contribution is 9.10. The molecule has 21 heavy (non-hydrogen) atoms. The Hall–Kier alpha value is -0.810. The van der Waals surface area contributed by atoms with Gasteiger partial charge in [-0.15, -0.1) is 0 Å². The molecule has 0 heterocycles. The van der Waals surface area contributed by atoms with Crippen LogP contribution in [-0.2, 0) is 15.6 Å². The first-order valence-electron chi connectivity index (χ1n) is 5.96. The summed E-state index contributed by atoms with van der Waals surface area (Å²) in [6.07, 6.45) is 1.56. The van der Waals surface area contributed by atoms with Crippen LogP contribution in [0.25, 0.3) is 6.08 Å². The lowest BCUT2D eigenvalue weighted by molar-refractivity contribution is 0.604. The first-order valence-corrected chi connectivity index (χ1v) is 9.22. The molecule has 6 heteroatoms. The molecule has 0 unspecified atom stereocenters. The van der Waals surface area contributed by atoms with Crippen molar-refractivity contribution in [3.05, 3.63) is 73.5 Å². The third-order valence-corrected chi connectivity index (χ3v) is 5.09. The minimum atomic E-state index is -3.40. The van der Waals surface area contributed by atoms with Gasteiger partial charge in [0.05, 0.1) is 5.75 Å². The van der Waals surface area contributed by atoms with Crippen LogP contribution in [0.2, 0.25) is 10.0 Å². The fourth-order valence-corrected chi connectivity index (χ4v) is 3.62. The summed E-state index contributed by atoms with van der Waals surface area (Å²) in [6, 6.07) is 12.1. The maximum Gasteiger partial charge on any atom is 0.175 e. The Bertz CT molecular complexity index is 769. The molecular formula is C15H11BrCl2O2S. The maximum atomic E-state index is 12.1. The molecule has 0 atom stereocenters. The van der Waals surface area contributed by atoms with Gasteiger partial charge in [0.25, 0.3) is 0 Å². The SMILES string of the molecule is O=S(=O)(C=Cc1ccc(Br)cc1)Cc1ccc(Cl)cc1Cl. The Morgan fingerprint density at radius 3 is 2.33 bits per heavy atom. The number of rotatable bonds is 4. The van der Waals surface area contributed by atoms with Crippen molar-refractivity contribution in [2.24, 2.45) is 0 Å². The number of hydrogen-bond acceptors (Lipinski definition) is 2. The molecule has 0 aliphatic rings. The first kappa shape index (κ1) is 16.6. The molecule has 2 rings (SSSR count). The van der Waals surface area contributed by atoms with Gasteiger partial charge in [-0.05, 0) is 41.5 Å². The van der Waals surface area contributed by atoms with Gasteiger partial charge >= 0.3 is 0 Å². The van der Waals surface area contributed by atoms with Crippen LogP contribution < -0.4 is 0 Å². The third kappa shape index (κ3) is 5.15. The lowest BCUT2D eigenvalue weighted by atomic mass is 10.2. The molecule has 2 nitrogen and oxygen atoms in total. The molecule has 0 saturated carbocycles. The van der Waals surface area contributed by atoms with Gasteiger partial charge in [-0.1, -0.05) is 57.3 Å². The number of hydrogen-bond donors (Lipinski definition) is 0. The fourth-order valence-electron chi connectivity index (χ4n) is 1.66. The maximum absolute atomic E-state index is 12.1. The quantitative estimate of drug-likeness (QED) is 0.687. The van der Waals surface area contributed by atoms with Gasteiger partial charge in [0, 0.05) is 19.9 Å². The van der Waals surface area contributed by atoms with Crippen molar-refractivity contribution < 1.29 is 8.42 Å². The molecule has 0 aromatic heterocycles. The molecule has 0 fully saturated rings. The van der Waals surface area contributed by atoms with Crippen molar-refractivity contribution in [2.75, 3.05) is 0 Å². The predicted molar refractivity (Wildman–Crippen MR) is 92.3 cm³/mol. The Balaban J connectivity index is 2.16. The van der Waals surface area contributed by atoms with Crippen molar-refractivity contribution in [1.82, 2.24) is 0 Å². The first-order chi connectivity index (χ1) is 9.85. The smallest absolute Gasteiger partial charge is 0.175 e.